The largest absolute Gasteiger partial charge is 0.385 e. The van der Waals surface area contributed by atoms with Crippen LogP contribution in [-0.2, 0) is 4.74 Å². The van der Waals surface area contributed by atoms with Crippen LogP contribution >= 0.6 is 0 Å². The first kappa shape index (κ1) is 22.2. The van der Waals surface area contributed by atoms with Crippen molar-refractivity contribution in [2.45, 2.75) is 51.0 Å². The first-order valence-corrected chi connectivity index (χ1v) is 9.99. The summed E-state index contributed by atoms with van der Waals surface area (Å²) in [5, 5.41) is 6.82. The van der Waals surface area contributed by atoms with Crippen LogP contribution in [0, 0.1) is 0 Å². The molecule has 1 rings (SSSR count). The highest BCUT2D eigenvalue weighted by atomic mass is 16.5. The molecular weight excluding hydrogens is 314 g/mol. The van der Waals surface area contributed by atoms with Crippen LogP contribution in [0.3, 0.4) is 0 Å². The Bertz CT molecular complexity index is 345. The summed E-state index contributed by atoms with van der Waals surface area (Å²) >= 11 is 0. The molecule has 0 aromatic carbocycles. The maximum Gasteiger partial charge on any atom is 0.191 e. The summed E-state index contributed by atoms with van der Waals surface area (Å²) in [7, 11) is 8.02. The average Bonchev–Trinajstić information content (AvgIpc) is 2.64. The molecule has 0 aromatic heterocycles. The zero-order chi connectivity index (χ0) is 18.3. The second-order valence-corrected chi connectivity index (χ2v) is 7.20. The molecule has 1 aliphatic carbocycles. The van der Waals surface area contributed by atoms with E-state index in [1.807, 2.05) is 7.05 Å². The fourth-order valence-corrected chi connectivity index (χ4v) is 3.42. The minimum Gasteiger partial charge on any atom is -0.385 e. The lowest BCUT2D eigenvalue weighted by atomic mass is 9.94. The molecule has 1 aliphatic rings. The Morgan fingerprint density at radius 1 is 1.00 bits per heavy atom. The Labute approximate surface area is 155 Å². The Kier molecular flexibility index (Phi) is 12.7. The second kappa shape index (κ2) is 14.3. The highest BCUT2D eigenvalue weighted by molar-refractivity contribution is 5.79. The van der Waals surface area contributed by atoms with Crippen LogP contribution in [0.1, 0.15) is 44.9 Å². The van der Waals surface area contributed by atoms with E-state index in [1.165, 1.54) is 32.1 Å². The number of likely N-dealkylation sites (N-methyl/N-ethyl adjacent to an activating group) is 1. The number of hydrogen-bond donors (Lipinski definition) is 2. The molecule has 0 bridgehead atoms. The van der Waals surface area contributed by atoms with Gasteiger partial charge in [0, 0.05) is 53.0 Å². The molecule has 0 heterocycles. The Hall–Kier alpha value is -0.850. The summed E-state index contributed by atoms with van der Waals surface area (Å²) in [6.45, 7) is 5.95. The molecule has 0 aromatic rings. The van der Waals surface area contributed by atoms with Gasteiger partial charge in [-0.15, -0.1) is 0 Å². The number of nitrogens with zero attached hydrogens (tertiary/aromatic N) is 3. The molecule has 1 saturated carbocycles. The second-order valence-electron chi connectivity index (χ2n) is 7.20. The van der Waals surface area contributed by atoms with Crippen molar-refractivity contribution in [3.63, 3.8) is 0 Å². The Balaban J connectivity index is 2.05. The number of rotatable bonds is 12. The fourth-order valence-electron chi connectivity index (χ4n) is 3.42. The molecule has 0 amide bonds. The van der Waals surface area contributed by atoms with Crippen LogP contribution < -0.4 is 10.6 Å². The molecule has 25 heavy (non-hydrogen) atoms. The van der Waals surface area contributed by atoms with Crippen LogP contribution in [0.4, 0.5) is 0 Å². The molecule has 0 unspecified atom stereocenters. The van der Waals surface area contributed by atoms with Crippen molar-refractivity contribution in [2.24, 2.45) is 4.99 Å². The molecule has 0 aliphatic heterocycles. The van der Waals surface area contributed by atoms with E-state index in [9.17, 15) is 0 Å². The lowest BCUT2D eigenvalue weighted by Gasteiger charge is -2.31. The van der Waals surface area contributed by atoms with Crippen molar-refractivity contribution in [1.29, 1.82) is 0 Å². The highest BCUT2D eigenvalue weighted by Crippen LogP contribution is 2.21. The van der Waals surface area contributed by atoms with E-state index < -0.39 is 0 Å². The Morgan fingerprint density at radius 3 is 2.40 bits per heavy atom. The molecule has 2 N–H and O–H groups in total. The van der Waals surface area contributed by atoms with Gasteiger partial charge in [-0.2, -0.15) is 0 Å². The van der Waals surface area contributed by atoms with Crippen molar-refractivity contribution in [3.05, 3.63) is 0 Å². The van der Waals surface area contributed by atoms with Gasteiger partial charge in [0.2, 0.25) is 0 Å². The summed E-state index contributed by atoms with van der Waals surface area (Å²) in [6, 6.07) is 0.805. The lowest BCUT2D eigenvalue weighted by molar-refractivity contribution is 0.180. The number of methoxy groups -OCH3 is 1. The minimum atomic E-state index is 0.805. The molecule has 1 fully saturated rings. The van der Waals surface area contributed by atoms with Gasteiger partial charge in [0.25, 0.3) is 0 Å². The smallest absolute Gasteiger partial charge is 0.191 e. The van der Waals surface area contributed by atoms with Gasteiger partial charge in [0.15, 0.2) is 5.96 Å². The number of aliphatic imine (C=N–C) groups is 1. The third-order valence-electron chi connectivity index (χ3n) is 5.08. The Morgan fingerprint density at radius 2 is 1.72 bits per heavy atom. The third kappa shape index (κ3) is 10.7. The molecule has 0 radical (unpaired) electrons. The van der Waals surface area contributed by atoms with Crippen LogP contribution in [0.25, 0.3) is 0 Å². The summed E-state index contributed by atoms with van der Waals surface area (Å²) < 4.78 is 5.09. The molecule has 6 nitrogen and oxygen atoms in total. The number of ether oxygens (including phenoxy) is 1. The third-order valence-corrected chi connectivity index (χ3v) is 5.08. The van der Waals surface area contributed by atoms with E-state index >= 15 is 0 Å². The molecule has 0 saturated heterocycles. The van der Waals surface area contributed by atoms with E-state index in [0.717, 1.165) is 64.2 Å². The van der Waals surface area contributed by atoms with Gasteiger partial charge in [-0.05, 0) is 46.3 Å². The van der Waals surface area contributed by atoms with E-state index in [4.69, 9.17) is 4.74 Å². The predicted octanol–water partition coefficient (Wildman–Crippen LogP) is 1.77. The first-order valence-electron chi connectivity index (χ1n) is 9.99. The SMILES string of the molecule is CN=C(NCCCN(C)C1CCCCC1)NCCN(C)CCCOC. The number of nitrogens with one attached hydrogen (secondary N) is 2. The van der Waals surface area contributed by atoms with Crippen LogP contribution in [0.2, 0.25) is 0 Å². The molecule has 6 heteroatoms. The van der Waals surface area contributed by atoms with Crippen molar-refractivity contribution in [3.8, 4) is 0 Å². The van der Waals surface area contributed by atoms with Gasteiger partial charge in [0.1, 0.15) is 0 Å². The van der Waals surface area contributed by atoms with Gasteiger partial charge in [-0.1, -0.05) is 19.3 Å². The van der Waals surface area contributed by atoms with E-state index in [2.05, 4.69) is 39.5 Å². The summed E-state index contributed by atoms with van der Waals surface area (Å²) in [5.74, 6) is 0.908. The summed E-state index contributed by atoms with van der Waals surface area (Å²) in [4.78, 5) is 9.17. The van der Waals surface area contributed by atoms with Crippen molar-refractivity contribution < 1.29 is 4.74 Å². The van der Waals surface area contributed by atoms with Gasteiger partial charge < -0.3 is 25.2 Å². The van der Waals surface area contributed by atoms with E-state index in [0.29, 0.717) is 0 Å². The van der Waals surface area contributed by atoms with Crippen LogP contribution in [0.5, 0.6) is 0 Å². The summed E-state index contributed by atoms with van der Waals surface area (Å²) in [5.41, 5.74) is 0. The van der Waals surface area contributed by atoms with E-state index in [1.54, 1.807) is 7.11 Å². The first-order chi connectivity index (χ1) is 12.2. The maximum atomic E-state index is 5.09. The van der Waals surface area contributed by atoms with Crippen LogP contribution in [0.15, 0.2) is 4.99 Å². The van der Waals surface area contributed by atoms with Gasteiger partial charge in [-0.25, -0.2) is 0 Å². The zero-order valence-electron chi connectivity index (χ0n) is 17.0. The van der Waals surface area contributed by atoms with Gasteiger partial charge >= 0.3 is 0 Å². The minimum absolute atomic E-state index is 0.805. The standard InChI is InChI=1S/C19H41N5O/c1-20-19(22-13-16-23(2)14-9-17-25-4)21-12-8-15-24(3)18-10-6-5-7-11-18/h18H,5-17H2,1-4H3,(H2,20,21,22). The molecular formula is C19H41N5O. The van der Waals surface area contributed by atoms with E-state index in [-0.39, 0.29) is 0 Å². The number of hydrogen-bond acceptors (Lipinski definition) is 4. The lowest BCUT2D eigenvalue weighted by Crippen LogP contribution is -2.42. The number of guanidine groups is 1. The highest BCUT2D eigenvalue weighted by Gasteiger charge is 2.17. The molecule has 0 spiro atoms. The predicted molar refractivity (Wildman–Crippen MR) is 107 cm³/mol. The van der Waals surface area contributed by atoms with Gasteiger partial charge in [0.05, 0.1) is 0 Å². The molecule has 148 valence electrons. The van der Waals surface area contributed by atoms with Crippen molar-refractivity contribution in [1.82, 2.24) is 20.4 Å². The fraction of sp³-hybridized carbons (Fsp3) is 0.947. The van der Waals surface area contributed by atoms with Crippen LogP contribution in [-0.4, -0.2) is 89.4 Å². The average molecular weight is 356 g/mol. The van der Waals surface area contributed by atoms with Crippen molar-refractivity contribution >= 4 is 5.96 Å². The van der Waals surface area contributed by atoms with Gasteiger partial charge in [-0.3, -0.25) is 4.99 Å². The topological polar surface area (TPSA) is 52.1 Å². The quantitative estimate of drug-likeness (QED) is 0.317. The zero-order valence-corrected chi connectivity index (χ0v) is 17.0. The maximum absolute atomic E-state index is 5.09. The van der Waals surface area contributed by atoms with Crippen molar-refractivity contribution in [2.75, 3.05) is 67.6 Å². The summed E-state index contributed by atoms with van der Waals surface area (Å²) in [6.07, 6.45) is 9.23. The normalized spacial score (nSPS) is 16.6. The molecule has 0 atom stereocenters. The monoisotopic (exact) mass is 355 g/mol.